The van der Waals surface area contributed by atoms with E-state index in [0.717, 1.165) is 9.13 Å². The molecule has 0 unspecified atom stereocenters. The van der Waals surface area contributed by atoms with E-state index in [1.165, 1.54) is 11.8 Å². The van der Waals surface area contributed by atoms with E-state index in [1.54, 1.807) is 30.3 Å². The molecular formula is C22H18ClIN2O2. The van der Waals surface area contributed by atoms with Crippen molar-refractivity contribution >= 4 is 46.3 Å². The Kier molecular flexibility index (Phi) is 7.06. The molecule has 0 saturated carbocycles. The summed E-state index contributed by atoms with van der Waals surface area (Å²) in [6.45, 7) is 2.47. The summed E-state index contributed by atoms with van der Waals surface area (Å²) in [6, 6.07) is 20.7. The van der Waals surface area contributed by atoms with Crippen molar-refractivity contribution < 1.29 is 9.53 Å². The molecule has 0 aliphatic rings. The minimum atomic E-state index is -0.281. The van der Waals surface area contributed by atoms with Crippen LogP contribution < -0.4 is 10.2 Å². The lowest BCUT2D eigenvalue weighted by Crippen LogP contribution is -2.17. The first-order valence-corrected chi connectivity index (χ1v) is 10.0. The smallest absolute Gasteiger partial charge is 0.271 e. The van der Waals surface area contributed by atoms with Gasteiger partial charge in [0.25, 0.3) is 5.91 Å². The normalized spacial score (nSPS) is 10.8. The minimum absolute atomic E-state index is 0.281. The van der Waals surface area contributed by atoms with Gasteiger partial charge in [-0.3, -0.25) is 4.79 Å². The molecule has 0 spiro atoms. The van der Waals surface area contributed by atoms with Crippen molar-refractivity contribution in [1.82, 2.24) is 5.43 Å². The van der Waals surface area contributed by atoms with Crippen molar-refractivity contribution in [2.45, 2.75) is 13.5 Å². The number of amides is 1. The van der Waals surface area contributed by atoms with Crippen molar-refractivity contribution in [3.05, 3.63) is 97.6 Å². The number of carbonyl (C=O) groups is 1. The van der Waals surface area contributed by atoms with Crippen molar-refractivity contribution in [3.8, 4) is 5.75 Å². The van der Waals surface area contributed by atoms with Gasteiger partial charge >= 0.3 is 0 Å². The average molecular weight is 505 g/mol. The molecule has 0 aliphatic heterocycles. The zero-order valence-corrected chi connectivity index (χ0v) is 18.1. The van der Waals surface area contributed by atoms with Gasteiger partial charge in [-0.1, -0.05) is 41.4 Å². The fraction of sp³-hybridized carbons (Fsp3) is 0.0909. The van der Waals surface area contributed by atoms with Crippen molar-refractivity contribution in [1.29, 1.82) is 0 Å². The van der Waals surface area contributed by atoms with Crippen LogP contribution in [0.15, 0.2) is 71.8 Å². The number of hydrogen-bond acceptors (Lipinski definition) is 3. The van der Waals surface area contributed by atoms with Crippen LogP contribution in [0.25, 0.3) is 0 Å². The second-order valence-corrected chi connectivity index (χ2v) is 7.84. The molecule has 1 amide bonds. The van der Waals surface area contributed by atoms with Crippen LogP contribution in [0.5, 0.6) is 5.75 Å². The molecule has 3 aromatic rings. The number of hydrazone groups is 1. The number of benzene rings is 3. The van der Waals surface area contributed by atoms with Crippen LogP contribution in [0.1, 0.15) is 27.0 Å². The molecule has 0 saturated heterocycles. The highest BCUT2D eigenvalue weighted by atomic mass is 127. The highest BCUT2D eigenvalue weighted by Crippen LogP contribution is 2.22. The second-order valence-electron chi connectivity index (χ2n) is 6.16. The summed E-state index contributed by atoms with van der Waals surface area (Å²) in [5.41, 5.74) is 6.01. The summed E-state index contributed by atoms with van der Waals surface area (Å²) in [5.74, 6) is 0.356. The number of nitrogens with one attached hydrogen (secondary N) is 1. The van der Waals surface area contributed by atoms with Gasteiger partial charge in [0, 0.05) is 19.7 Å². The Balaban J connectivity index is 1.67. The van der Waals surface area contributed by atoms with Crippen LogP contribution >= 0.6 is 34.2 Å². The third-order valence-corrected chi connectivity index (χ3v) is 4.92. The third kappa shape index (κ3) is 5.81. The lowest BCUT2D eigenvalue weighted by atomic mass is 10.1. The summed E-state index contributed by atoms with van der Waals surface area (Å²) in [5, 5.41) is 4.61. The maximum atomic E-state index is 12.2. The van der Waals surface area contributed by atoms with Gasteiger partial charge in [0.15, 0.2) is 0 Å². The Labute approximate surface area is 182 Å². The summed E-state index contributed by atoms with van der Waals surface area (Å²) in [7, 11) is 0. The number of carbonyl (C=O) groups excluding carboxylic acids is 1. The van der Waals surface area contributed by atoms with Crippen molar-refractivity contribution in [2.75, 3.05) is 0 Å². The first-order valence-electron chi connectivity index (χ1n) is 8.58. The lowest BCUT2D eigenvalue weighted by Gasteiger charge is -2.10. The van der Waals surface area contributed by atoms with E-state index >= 15 is 0 Å². The van der Waals surface area contributed by atoms with Gasteiger partial charge < -0.3 is 4.74 Å². The molecule has 0 fully saturated rings. The molecule has 3 rings (SSSR count). The number of aryl methyl sites for hydroxylation is 1. The van der Waals surface area contributed by atoms with Gasteiger partial charge in [0.05, 0.1) is 6.21 Å². The Morgan fingerprint density at radius 3 is 2.54 bits per heavy atom. The molecule has 4 nitrogen and oxygen atoms in total. The fourth-order valence-corrected chi connectivity index (χ4v) is 2.96. The Morgan fingerprint density at radius 2 is 1.82 bits per heavy atom. The largest absolute Gasteiger partial charge is 0.488 e. The molecule has 0 radical (unpaired) electrons. The van der Waals surface area contributed by atoms with E-state index in [2.05, 4.69) is 33.1 Å². The number of halogens is 2. The number of nitrogens with zero attached hydrogens (tertiary/aromatic N) is 1. The van der Waals surface area contributed by atoms with Crippen LogP contribution in [0.3, 0.4) is 0 Å². The van der Waals surface area contributed by atoms with E-state index in [1.807, 2.05) is 43.3 Å². The quantitative estimate of drug-likeness (QED) is 0.270. The van der Waals surface area contributed by atoms with Gasteiger partial charge in [-0.15, -0.1) is 0 Å². The van der Waals surface area contributed by atoms with E-state index in [9.17, 15) is 4.79 Å². The van der Waals surface area contributed by atoms with Gasteiger partial charge in [-0.2, -0.15) is 5.10 Å². The molecule has 0 atom stereocenters. The molecule has 142 valence electrons. The van der Waals surface area contributed by atoms with E-state index in [4.69, 9.17) is 16.3 Å². The lowest BCUT2D eigenvalue weighted by molar-refractivity contribution is 0.0955. The first kappa shape index (κ1) is 20.4. The predicted molar refractivity (Wildman–Crippen MR) is 121 cm³/mol. The zero-order chi connectivity index (χ0) is 19.9. The third-order valence-electron chi connectivity index (χ3n) is 3.96. The van der Waals surface area contributed by atoms with Gasteiger partial charge in [-0.05, 0) is 77.5 Å². The molecular weight excluding hydrogens is 487 g/mol. The SMILES string of the molecule is Cc1ccc(COc2ccc(Cl)cc2/C=N\NC(=O)c2ccc(I)cc2)cc1. The number of hydrogen-bond donors (Lipinski definition) is 1. The van der Waals surface area contributed by atoms with Crippen molar-refractivity contribution in [2.24, 2.45) is 5.10 Å². The Morgan fingerprint density at radius 1 is 1.11 bits per heavy atom. The summed E-state index contributed by atoms with van der Waals surface area (Å²) in [6.07, 6.45) is 1.53. The average Bonchev–Trinajstić information content (AvgIpc) is 2.69. The molecule has 3 aromatic carbocycles. The Bertz CT molecular complexity index is 986. The molecule has 6 heteroatoms. The van der Waals surface area contributed by atoms with Gasteiger partial charge in [0.2, 0.25) is 0 Å². The maximum absolute atomic E-state index is 12.2. The Hall–Kier alpha value is -2.38. The zero-order valence-electron chi connectivity index (χ0n) is 15.2. The minimum Gasteiger partial charge on any atom is -0.488 e. The second kappa shape index (κ2) is 9.71. The van der Waals surface area contributed by atoms with E-state index in [0.29, 0.717) is 28.5 Å². The highest BCUT2D eigenvalue weighted by Gasteiger charge is 2.06. The van der Waals surface area contributed by atoms with Gasteiger partial charge in [-0.25, -0.2) is 5.43 Å². The summed E-state index contributed by atoms with van der Waals surface area (Å²) in [4.78, 5) is 12.2. The van der Waals surface area contributed by atoms with Crippen molar-refractivity contribution in [3.63, 3.8) is 0 Å². The molecule has 0 aromatic heterocycles. The van der Waals surface area contributed by atoms with Gasteiger partial charge in [0.1, 0.15) is 12.4 Å². The van der Waals surface area contributed by atoms with E-state index < -0.39 is 0 Å². The van der Waals surface area contributed by atoms with Crippen LogP contribution in [-0.2, 0) is 6.61 Å². The molecule has 0 aliphatic carbocycles. The molecule has 28 heavy (non-hydrogen) atoms. The molecule has 0 heterocycles. The highest BCUT2D eigenvalue weighted by molar-refractivity contribution is 14.1. The molecule has 0 bridgehead atoms. The number of rotatable bonds is 6. The van der Waals surface area contributed by atoms with Crippen LogP contribution in [0.2, 0.25) is 5.02 Å². The summed E-state index contributed by atoms with van der Waals surface area (Å²) < 4.78 is 6.97. The van der Waals surface area contributed by atoms with Crippen LogP contribution in [0, 0.1) is 10.5 Å². The van der Waals surface area contributed by atoms with E-state index in [-0.39, 0.29) is 5.91 Å². The van der Waals surface area contributed by atoms with Crippen LogP contribution in [0.4, 0.5) is 0 Å². The first-order chi connectivity index (χ1) is 13.5. The number of ether oxygens (including phenoxy) is 1. The molecule has 1 N–H and O–H groups in total. The topological polar surface area (TPSA) is 50.7 Å². The maximum Gasteiger partial charge on any atom is 0.271 e. The van der Waals surface area contributed by atoms with Crippen LogP contribution in [-0.4, -0.2) is 12.1 Å². The fourth-order valence-electron chi connectivity index (χ4n) is 2.42. The standard InChI is InChI=1S/C22H18ClIN2O2/c1-15-2-4-16(5-3-15)14-28-21-11-8-19(23)12-18(21)13-25-26-22(27)17-6-9-20(24)10-7-17/h2-13H,14H2,1H3,(H,26,27)/b25-13-. The monoisotopic (exact) mass is 504 g/mol. The summed E-state index contributed by atoms with van der Waals surface area (Å²) >= 11 is 8.29. The predicted octanol–water partition coefficient (Wildman–Crippen LogP) is 5.60.